The molecule has 0 unspecified atom stereocenters. The van der Waals surface area contributed by atoms with Crippen molar-refractivity contribution >= 4 is 22.6 Å². The first kappa shape index (κ1) is 11.2. The van der Waals surface area contributed by atoms with E-state index in [4.69, 9.17) is 0 Å². The summed E-state index contributed by atoms with van der Waals surface area (Å²) >= 11 is 0. The highest BCUT2D eigenvalue weighted by Crippen LogP contribution is 2.16. The van der Waals surface area contributed by atoms with Gasteiger partial charge < -0.3 is 10.6 Å². The van der Waals surface area contributed by atoms with Crippen LogP contribution in [0.5, 0.6) is 0 Å². The Labute approximate surface area is 98.9 Å². The summed E-state index contributed by atoms with van der Waals surface area (Å²) in [5, 5.41) is 13.1. The SMILES string of the molecule is CC/C=C/NC(=O)Nc1ccc2cn[nH]c2c1. The maximum absolute atomic E-state index is 11.5. The number of hydrogen-bond acceptors (Lipinski definition) is 2. The number of H-pyrrole nitrogens is 1. The summed E-state index contributed by atoms with van der Waals surface area (Å²) in [6.07, 6.45) is 6.13. The van der Waals surface area contributed by atoms with Gasteiger partial charge in [-0.1, -0.05) is 13.0 Å². The zero-order valence-corrected chi connectivity index (χ0v) is 9.53. The minimum Gasteiger partial charge on any atom is -0.315 e. The van der Waals surface area contributed by atoms with E-state index in [1.807, 2.05) is 31.2 Å². The molecule has 0 aliphatic carbocycles. The van der Waals surface area contributed by atoms with E-state index in [0.717, 1.165) is 23.0 Å². The molecule has 5 heteroatoms. The molecule has 0 spiro atoms. The molecule has 0 saturated carbocycles. The third-order valence-corrected chi connectivity index (χ3v) is 2.27. The standard InChI is InChI=1S/C12H14N4O/c1-2-3-6-13-12(17)15-10-5-4-9-8-14-16-11(9)7-10/h3-8H,2H2,1H3,(H,14,16)(H2,13,15,17)/b6-3+. The second-order valence-corrected chi connectivity index (χ2v) is 3.58. The molecule has 1 aromatic carbocycles. The Morgan fingerprint density at radius 2 is 2.41 bits per heavy atom. The van der Waals surface area contributed by atoms with Gasteiger partial charge in [-0.15, -0.1) is 0 Å². The third-order valence-electron chi connectivity index (χ3n) is 2.27. The van der Waals surface area contributed by atoms with Gasteiger partial charge in [0, 0.05) is 17.3 Å². The first-order chi connectivity index (χ1) is 8.29. The van der Waals surface area contributed by atoms with Gasteiger partial charge in [0.1, 0.15) is 0 Å². The fourth-order valence-electron chi connectivity index (χ4n) is 1.43. The van der Waals surface area contributed by atoms with E-state index >= 15 is 0 Å². The van der Waals surface area contributed by atoms with Gasteiger partial charge in [0.05, 0.1) is 11.7 Å². The maximum atomic E-state index is 11.5. The number of nitrogens with one attached hydrogen (secondary N) is 3. The minimum absolute atomic E-state index is 0.256. The molecule has 2 amide bonds. The highest BCUT2D eigenvalue weighted by atomic mass is 16.2. The Morgan fingerprint density at radius 3 is 3.24 bits per heavy atom. The van der Waals surface area contributed by atoms with Crippen LogP contribution in [0.4, 0.5) is 10.5 Å². The largest absolute Gasteiger partial charge is 0.323 e. The predicted molar refractivity (Wildman–Crippen MR) is 67.7 cm³/mol. The van der Waals surface area contributed by atoms with Gasteiger partial charge in [0.15, 0.2) is 0 Å². The van der Waals surface area contributed by atoms with Crippen molar-refractivity contribution in [1.82, 2.24) is 15.5 Å². The monoisotopic (exact) mass is 230 g/mol. The number of nitrogens with zero attached hydrogens (tertiary/aromatic N) is 1. The van der Waals surface area contributed by atoms with Crippen molar-refractivity contribution < 1.29 is 4.79 Å². The molecule has 0 fully saturated rings. The van der Waals surface area contributed by atoms with Gasteiger partial charge in [-0.2, -0.15) is 5.10 Å². The fourth-order valence-corrected chi connectivity index (χ4v) is 1.43. The van der Waals surface area contributed by atoms with E-state index in [9.17, 15) is 4.79 Å². The number of hydrogen-bond donors (Lipinski definition) is 3. The normalized spacial score (nSPS) is 10.9. The highest BCUT2D eigenvalue weighted by molar-refractivity contribution is 5.92. The van der Waals surface area contributed by atoms with Crippen LogP contribution < -0.4 is 10.6 Å². The lowest BCUT2D eigenvalue weighted by molar-refractivity contribution is 0.255. The first-order valence-corrected chi connectivity index (χ1v) is 5.45. The zero-order chi connectivity index (χ0) is 12.1. The van der Waals surface area contributed by atoms with Crippen LogP contribution in [0, 0.1) is 0 Å². The molecule has 88 valence electrons. The van der Waals surface area contributed by atoms with E-state index < -0.39 is 0 Å². The maximum Gasteiger partial charge on any atom is 0.323 e. The van der Waals surface area contributed by atoms with Crippen LogP contribution in [0.1, 0.15) is 13.3 Å². The van der Waals surface area contributed by atoms with Crippen molar-refractivity contribution in [1.29, 1.82) is 0 Å². The van der Waals surface area contributed by atoms with Crippen molar-refractivity contribution in [2.24, 2.45) is 0 Å². The van der Waals surface area contributed by atoms with Crippen LogP contribution in [0.15, 0.2) is 36.7 Å². The Kier molecular flexibility index (Phi) is 3.40. The van der Waals surface area contributed by atoms with Crippen LogP contribution >= 0.6 is 0 Å². The average molecular weight is 230 g/mol. The van der Waals surface area contributed by atoms with Crippen LogP contribution in [0.3, 0.4) is 0 Å². The molecule has 0 bridgehead atoms. The van der Waals surface area contributed by atoms with Gasteiger partial charge in [0.25, 0.3) is 0 Å². The van der Waals surface area contributed by atoms with Crippen LogP contribution in [0.25, 0.3) is 10.9 Å². The van der Waals surface area contributed by atoms with Gasteiger partial charge in [-0.3, -0.25) is 5.10 Å². The fraction of sp³-hybridized carbons (Fsp3) is 0.167. The summed E-state index contributed by atoms with van der Waals surface area (Å²) in [5.41, 5.74) is 1.62. The number of aromatic amines is 1. The molecule has 0 aliphatic rings. The molecular weight excluding hydrogens is 216 g/mol. The number of urea groups is 1. The lowest BCUT2D eigenvalue weighted by Gasteiger charge is -2.04. The Balaban J connectivity index is 2.02. The molecule has 2 aromatic rings. The summed E-state index contributed by atoms with van der Waals surface area (Å²) in [4.78, 5) is 11.5. The van der Waals surface area contributed by atoms with Crippen LogP contribution in [-0.2, 0) is 0 Å². The lowest BCUT2D eigenvalue weighted by atomic mass is 10.2. The summed E-state index contributed by atoms with van der Waals surface area (Å²) in [6, 6.07) is 5.32. The van der Waals surface area contributed by atoms with Crippen LogP contribution in [-0.4, -0.2) is 16.2 Å². The number of rotatable bonds is 3. The van der Waals surface area contributed by atoms with Crippen molar-refractivity contribution in [3.63, 3.8) is 0 Å². The molecular formula is C12H14N4O. The van der Waals surface area contributed by atoms with Crippen molar-refractivity contribution in [3.05, 3.63) is 36.7 Å². The van der Waals surface area contributed by atoms with E-state index in [0.29, 0.717) is 0 Å². The van der Waals surface area contributed by atoms with Crippen LogP contribution in [0.2, 0.25) is 0 Å². The summed E-state index contributed by atoms with van der Waals surface area (Å²) in [5.74, 6) is 0. The Bertz CT molecular complexity index is 544. The minimum atomic E-state index is -0.256. The number of aromatic nitrogens is 2. The quantitative estimate of drug-likeness (QED) is 0.758. The molecule has 5 nitrogen and oxygen atoms in total. The average Bonchev–Trinajstić information content (AvgIpc) is 2.76. The summed E-state index contributed by atoms with van der Waals surface area (Å²) < 4.78 is 0. The number of fused-ring (bicyclic) bond motifs is 1. The number of anilines is 1. The van der Waals surface area contributed by atoms with E-state index in [-0.39, 0.29) is 6.03 Å². The Morgan fingerprint density at radius 1 is 1.53 bits per heavy atom. The van der Waals surface area contributed by atoms with Crippen molar-refractivity contribution in [2.75, 3.05) is 5.32 Å². The van der Waals surface area contributed by atoms with Gasteiger partial charge in [-0.25, -0.2) is 4.79 Å². The number of carbonyl (C=O) groups is 1. The van der Waals surface area contributed by atoms with Crippen molar-refractivity contribution in [2.45, 2.75) is 13.3 Å². The first-order valence-electron chi connectivity index (χ1n) is 5.45. The van der Waals surface area contributed by atoms with Gasteiger partial charge in [-0.05, 0) is 24.6 Å². The second-order valence-electron chi connectivity index (χ2n) is 3.58. The molecule has 2 rings (SSSR count). The number of amides is 2. The molecule has 3 N–H and O–H groups in total. The second kappa shape index (κ2) is 5.16. The molecule has 17 heavy (non-hydrogen) atoms. The predicted octanol–water partition coefficient (Wildman–Crippen LogP) is 2.61. The summed E-state index contributed by atoms with van der Waals surface area (Å²) in [7, 11) is 0. The summed E-state index contributed by atoms with van der Waals surface area (Å²) in [6.45, 7) is 2.00. The topological polar surface area (TPSA) is 69.8 Å². The molecule has 0 saturated heterocycles. The van der Waals surface area contributed by atoms with Gasteiger partial charge in [0.2, 0.25) is 0 Å². The van der Waals surface area contributed by atoms with E-state index in [2.05, 4.69) is 20.8 Å². The molecule has 0 aliphatic heterocycles. The lowest BCUT2D eigenvalue weighted by Crippen LogP contribution is -2.23. The number of benzene rings is 1. The molecule has 0 radical (unpaired) electrons. The zero-order valence-electron chi connectivity index (χ0n) is 9.53. The van der Waals surface area contributed by atoms with E-state index in [1.165, 1.54) is 0 Å². The molecule has 0 atom stereocenters. The molecule has 1 aromatic heterocycles. The highest BCUT2D eigenvalue weighted by Gasteiger charge is 2.01. The number of allylic oxidation sites excluding steroid dienone is 1. The van der Waals surface area contributed by atoms with Gasteiger partial charge >= 0.3 is 6.03 Å². The van der Waals surface area contributed by atoms with Crippen molar-refractivity contribution in [3.8, 4) is 0 Å². The third kappa shape index (κ3) is 2.84. The molecule has 1 heterocycles. The smallest absolute Gasteiger partial charge is 0.315 e. The van der Waals surface area contributed by atoms with E-state index in [1.54, 1.807) is 12.4 Å². The Hall–Kier alpha value is -2.30. The number of carbonyl (C=O) groups excluding carboxylic acids is 1.